The highest BCUT2D eigenvalue weighted by atomic mass is 35.5. The van der Waals surface area contributed by atoms with Crippen molar-refractivity contribution >= 4 is 34.1 Å². The first kappa shape index (κ1) is 15.5. The zero-order chi connectivity index (χ0) is 15.4. The molecular weight excluding hydrogens is 292 g/mol. The van der Waals surface area contributed by atoms with Gasteiger partial charge >= 0.3 is 5.97 Å². The Hall–Kier alpha value is -1.91. The predicted molar refractivity (Wildman–Crippen MR) is 80.2 cm³/mol. The number of aliphatic hydroxyl groups is 1. The van der Waals surface area contributed by atoms with Crippen molar-refractivity contribution < 1.29 is 19.4 Å². The predicted octanol–water partition coefficient (Wildman–Crippen LogP) is 3.05. The van der Waals surface area contributed by atoms with Gasteiger partial charge in [0.15, 0.2) is 0 Å². The summed E-state index contributed by atoms with van der Waals surface area (Å²) >= 11 is 6.18. The first-order valence-electron chi connectivity index (χ1n) is 6.46. The number of carbonyl (C=O) groups excluding carboxylic acids is 2. The molecule has 2 aromatic carbocycles. The Balaban J connectivity index is 2.26. The molecular formula is C16H15ClO4. The molecule has 0 aliphatic rings. The number of hydrogen-bond acceptors (Lipinski definition) is 4. The van der Waals surface area contributed by atoms with Crippen molar-refractivity contribution in [1.82, 2.24) is 0 Å². The second kappa shape index (κ2) is 6.70. The van der Waals surface area contributed by atoms with Gasteiger partial charge < -0.3 is 9.84 Å². The molecule has 0 aliphatic heterocycles. The fourth-order valence-corrected chi connectivity index (χ4v) is 2.52. The summed E-state index contributed by atoms with van der Waals surface area (Å²) < 4.78 is 4.43. The van der Waals surface area contributed by atoms with Crippen LogP contribution in [0.25, 0.3) is 10.8 Å². The molecule has 1 N–H and O–H groups in total. The Morgan fingerprint density at radius 1 is 1.24 bits per heavy atom. The molecule has 0 bridgehead atoms. The normalized spacial score (nSPS) is 12.1. The second-order valence-corrected chi connectivity index (χ2v) is 5.10. The molecule has 0 radical (unpaired) electrons. The van der Waals surface area contributed by atoms with E-state index in [0.717, 1.165) is 10.8 Å². The van der Waals surface area contributed by atoms with Gasteiger partial charge in [-0.05, 0) is 17.0 Å². The lowest BCUT2D eigenvalue weighted by atomic mass is 9.97. The van der Waals surface area contributed by atoms with Gasteiger partial charge in [-0.15, -0.1) is 0 Å². The number of aliphatic hydroxyl groups excluding tert-OH is 1. The van der Waals surface area contributed by atoms with Crippen molar-refractivity contribution in [3.05, 3.63) is 47.0 Å². The maximum atomic E-state index is 11.7. The van der Waals surface area contributed by atoms with Crippen LogP contribution in [0.15, 0.2) is 36.4 Å². The lowest BCUT2D eigenvalue weighted by molar-refractivity contribution is -0.143. The molecule has 0 aliphatic carbocycles. The van der Waals surface area contributed by atoms with Crippen molar-refractivity contribution in [3.8, 4) is 0 Å². The molecule has 2 aromatic rings. The lowest BCUT2D eigenvalue weighted by Gasteiger charge is -2.14. The van der Waals surface area contributed by atoms with Crippen LogP contribution in [-0.4, -0.2) is 24.0 Å². The van der Waals surface area contributed by atoms with E-state index in [1.165, 1.54) is 7.11 Å². The van der Waals surface area contributed by atoms with Crippen LogP contribution >= 0.6 is 11.6 Å². The number of halogens is 1. The van der Waals surface area contributed by atoms with Crippen LogP contribution in [0.1, 0.15) is 24.5 Å². The quantitative estimate of drug-likeness (QED) is 0.681. The monoisotopic (exact) mass is 306 g/mol. The highest BCUT2D eigenvalue weighted by molar-refractivity contribution is 6.35. The highest BCUT2D eigenvalue weighted by Gasteiger charge is 2.18. The molecule has 1 unspecified atom stereocenters. The van der Waals surface area contributed by atoms with E-state index in [-0.39, 0.29) is 18.6 Å². The molecule has 21 heavy (non-hydrogen) atoms. The van der Waals surface area contributed by atoms with E-state index in [0.29, 0.717) is 10.6 Å². The Morgan fingerprint density at radius 3 is 2.57 bits per heavy atom. The average molecular weight is 307 g/mol. The fourth-order valence-electron chi connectivity index (χ4n) is 2.23. The third-order valence-corrected chi connectivity index (χ3v) is 3.55. The molecule has 0 fully saturated rings. The van der Waals surface area contributed by atoms with Crippen molar-refractivity contribution in [2.24, 2.45) is 0 Å². The number of fused-ring (bicyclic) bond motifs is 1. The summed E-state index contributed by atoms with van der Waals surface area (Å²) in [5, 5.41) is 12.4. The minimum Gasteiger partial charge on any atom is -0.469 e. The number of hydrogen-bond donors (Lipinski definition) is 1. The summed E-state index contributed by atoms with van der Waals surface area (Å²) in [5.41, 5.74) is 0.580. The molecule has 0 aromatic heterocycles. The van der Waals surface area contributed by atoms with Crippen LogP contribution < -0.4 is 0 Å². The number of ether oxygens (including phenoxy) is 1. The molecule has 0 saturated heterocycles. The van der Waals surface area contributed by atoms with Crippen LogP contribution in [0.4, 0.5) is 0 Å². The number of benzene rings is 2. The van der Waals surface area contributed by atoms with Gasteiger partial charge in [0.25, 0.3) is 0 Å². The number of carbonyl (C=O) groups is 2. The number of rotatable bonds is 5. The number of esters is 1. The molecule has 0 heterocycles. The molecule has 0 spiro atoms. The van der Waals surface area contributed by atoms with E-state index < -0.39 is 12.1 Å². The summed E-state index contributed by atoms with van der Waals surface area (Å²) in [7, 11) is 1.22. The van der Waals surface area contributed by atoms with E-state index in [4.69, 9.17) is 11.6 Å². The third-order valence-electron chi connectivity index (χ3n) is 3.24. The highest BCUT2D eigenvalue weighted by Crippen LogP contribution is 2.32. The number of ketones is 1. The fraction of sp³-hybridized carbons (Fsp3) is 0.250. The zero-order valence-corrected chi connectivity index (χ0v) is 12.3. The molecule has 5 heteroatoms. The van der Waals surface area contributed by atoms with Gasteiger partial charge in [-0.3, -0.25) is 9.59 Å². The van der Waals surface area contributed by atoms with Crippen molar-refractivity contribution in [2.75, 3.05) is 7.11 Å². The third kappa shape index (κ3) is 3.60. The van der Waals surface area contributed by atoms with E-state index in [2.05, 4.69) is 4.74 Å². The van der Waals surface area contributed by atoms with Gasteiger partial charge in [0.1, 0.15) is 12.2 Å². The van der Waals surface area contributed by atoms with Crippen LogP contribution in [0.2, 0.25) is 5.02 Å². The first-order chi connectivity index (χ1) is 10.0. The molecule has 4 nitrogen and oxygen atoms in total. The standard InChI is InChI=1S/C16H15ClO4/c1-21-15(20)9-11(18)8-14(19)12-6-2-4-10-5-3-7-13(17)16(10)12/h2-7,14,19H,8-9H2,1H3. The van der Waals surface area contributed by atoms with E-state index in [9.17, 15) is 14.7 Å². The SMILES string of the molecule is COC(=O)CC(=O)CC(O)c1cccc2cccc(Cl)c12. The van der Waals surface area contributed by atoms with Crippen molar-refractivity contribution in [3.63, 3.8) is 0 Å². The Kier molecular flexibility index (Phi) is 4.94. The molecule has 0 saturated carbocycles. The minimum atomic E-state index is -1.01. The summed E-state index contributed by atoms with van der Waals surface area (Å²) in [5.74, 6) is -0.985. The van der Waals surface area contributed by atoms with E-state index >= 15 is 0 Å². The van der Waals surface area contributed by atoms with Gasteiger partial charge in [-0.25, -0.2) is 0 Å². The summed E-state index contributed by atoms with van der Waals surface area (Å²) in [6.45, 7) is 0. The Bertz CT molecular complexity index is 676. The van der Waals surface area contributed by atoms with Crippen LogP contribution in [-0.2, 0) is 14.3 Å². The van der Waals surface area contributed by atoms with Gasteiger partial charge in [0.2, 0.25) is 0 Å². The van der Waals surface area contributed by atoms with E-state index in [1.807, 2.05) is 18.2 Å². The van der Waals surface area contributed by atoms with Crippen molar-refractivity contribution in [1.29, 1.82) is 0 Å². The van der Waals surface area contributed by atoms with Gasteiger partial charge in [0, 0.05) is 16.8 Å². The maximum Gasteiger partial charge on any atom is 0.313 e. The summed E-state index contributed by atoms with van der Waals surface area (Å²) in [6.07, 6.45) is -1.50. The number of methoxy groups -OCH3 is 1. The second-order valence-electron chi connectivity index (χ2n) is 4.70. The van der Waals surface area contributed by atoms with Crippen molar-refractivity contribution in [2.45, 2.75) is 18.9 Å². The van der Waals surface area contributed by atoms with Gasteiger partial charge in [0.05, 0.1) is 13.2 Å². The molecule has 1 atom stereocenters. The van der Waals surface area contributed by atoms with Crippen LogP contribution in [0.5, 0.6) is 0 Å². The summed E-state index contributed by atoms with van der Waals surface area (Å²) in [6, 6.07) is 10.8. The Labute approximate surface area is 127 Å². The maximum absolute atomic E-state index is 11.7. The number of Topliss-reactive ketones (excluding diaryl/α,β-unsaturated/α-hetero) is 1. The average Bonchev–Trinajstić information content (AvgIpc) is 2.46. The molecule has 0 amide bonds. The smallest absolute Gasteiger partial charge is 0.313 e. The van der Waals surface area contributed by atoms with Crippen LogP contribution in [0.3, 0.4) is 0 Å². The van der Waals surface area contributed by atoms with E-state index in [1.54, 1.807) is 18.2 Å². The molecule has 110 valence electrons. The van der Waals surface area contributed by atoms with Gasteiger partial charge in [-0.1, -0.05) is 41.9 Å². The topological polar surface area (TPSA) is 63.6 Å². The lowest BCUT2D eigenvalue weighted by Crippen LogP contribution is -2.13. The Morgan fingerprint density at radius 2 is 1.90 bits per heavy atom. The van der Waals surface area contributed by atoms with Gasteiger partial charge in [-0.2, -0.15) is 0 Å². The first-order valence-corrected chi connectivity index (χ1v) is 6.84. The minimum absolute atomic E-state index is 0.153. The summed E-state index contributed by atoms with van der Waals surface area (Å²) in [4.78, 5) is 22.8. The largest absolute Gasteiger partial charge is 0.469 e. The van der Waals surface area contributed by atoms with Crippen LogP contribution in [0, 0.1) is 0 Å². The molecule has 2 rings (SSSR count). The zero-order valence-electron chi connectivity index (χ0n) is 11.5.